The molecule has 0 fully saturated rings. The van der Waals surface area contributed by atoms with Crippen LogP contribution in [-0.2, 0) is 14.3 Å². The standard InChI is InChI=1S/C7H13NO3/c1-3-7(6(10)4-8)11-5(2)9/h7H,3-4,8H2,1-2H3. The Bertz CT molecular complexity index is 156. The summed E-state index contributed by atoms with van der Waals surface area (Å²) in [6, 6.07) is 0. The molecular weight excluding hydrogens is 146 g/mol. The molecule has 0 aromatic heterocycles. The van der Waals surface area contributed by atoms with E-state index in [-0.39, 0.29) is 12.3 Å². The quantitative estimate of drug-likeness (QED) is 0.579. The predicted octanol–water partition coefficient (Wildman–Crippen LogP) is -0.144. The van der Waals surface area contributed by atoms with Gasteiger partial charge in [0.15, 0.2) is 11.9 Å². The molecule has 0 heterocycles. The molecule has 1 unspecified atom stereocenters. The van der Waals surface area contributed by atoms with Gasteiger partial charge in [-0.05, 0) is 6.42 Å². The van der Waals surface area contributed by atoms with Gasteiger partial charge in [0.25, 0.3) is 0 Å². The largest absolute Gasteiger partial charge is 0.455 e. The third-order valence-corrected chi connectivity index (χ3v) is 1.24. The molecule has 0 radical (unpaired) electrons. The van der Waals surface area contributed by atoms with Crippen LogP contribution < -0.4 is 5.73 Å². The summed E-state index contributed by atoms with van der Waals surface area (Å²) in [6.45, 7) is 2.96. The highest BCUT2D eigenvalue weighted by Gasteiger charge is 2.16. The van der Waals surface area contributed by atoms with Crippen molar-refractivity contribution in [2.24, 2.45) is 5.73 Å². The molecule has 64 valence electrons. The molecule has 4 nitrogen and oxygen atoms in total. The van der Waals surface area contributed by atoms with E-state index in [4.69, 9.17) is 5.73 Å². The molecule has 0 aliphatic carbocycles. The smallest absolute Gasteiger partial charge is 0.303 e. The van der Waals surface area contributed by atoms with Crippen molar-refractivity contribution in [3.63, 3.8) is 0 Å². The number of hydrogen-bond donors (Lipinski definition) is 1. The minimum Gasteiger partial charge on any atom is -0.455 e. The number of carbonyl (C=O) groups excluding carboxylic acids is 2. The van der Waals surface area contributed by atoms with Crippen LogP contribution in [0.25, 0.3) is 0 Å². The Labute approximate surface area is 65.7 Å². The van der Waals surface area contributed by atoms with E-state index in [2.05, 4.69) is 4.74 Å². The summed E-state index contributed by atoms with van der Waals surface area (Å²) in [7, 11) is 0. The molecule has 2 N–H and O–H groups in total. The minimum atomic E-state index is -0.655. The molecular formula is C7H13NO3. The maximum Gasteiger partial charge on any atom is 0.303 e. The molecule has 0 aliphatic rings. The van der Waals surface area contributed by atoms with E-state index < -0.39 is 12.1 Å². The summed E-state index contributed by atoms with van der Waals surface area (Å²) in [5.41, 5.74) is 5.08. The zero-order valence-electron chi connectivity index (χ0n) is 6.79. The van der Waals surface area contributed by atoms with Gasteiger partial charge in [0.1, 0.15) is 0 Å². The normalized spacial score (nSPS) is 12.3. The Morgan fingerprint density at radius 2 is 2.09 bits per heavy atom. The van der Waals surface area contributed by atoms with Crippen molar-refractivity contribution in [1.82, 2.24) is 0 Å². The number of ketones is 1. The van der Waals surface area contributed by atoms with Crippen LogP contribution in [0.5, 0.6) is 0 Å². The SMILES string of the molecule is CCC(OC(C)=O)C(=O)CN. The number of ether oxygens (including phenoxy) is 1. The fourth-order valence-corrected chi connectivity index (χ4v) is 0.709. The van der Waals surface area contributed by atoms with Gasteiger partial charge in [-0.3, -0.25) is 9.59 Å². The lowest BCUT2D eigenvalue weighted by Crippen LogP contribution is -2.31. The average molecular weight is 159 g/mol. The molecule has 0 saturated heterocycles. The second-order valence-corrected chi connectivity index (χ2v) is 2.18. The summed E-state index contributed by atoms with van der Waals surface area (Å²) < 4.78 is 4.68. The highest BCUT2D eigenvalue weighted by molar-refractivity contribution is 5.86. The maximum absolute atomic E-state index is 10.9. The lowest BCUT2D eigenvalue weighted by atomic mass is 10.2. The van der Waals surface area contributed by atoms with Crippen molar-refractivity contribution in [1.29, 1.82) is 0 Å². The fourth-order valence-electron chi connectivity index (χ4n) is 0.709. The molecule has 0 aromatic rings. The van der Waals surface area contributed by atoms with E-state index in [1.807, 2.05) is 0 Å². The van der Waals surface area contributed by atoms with E-state index in [1.54, 1.807) is 6.92 Å². The third kappa shape index (κ3) is 3.72. The first-order valence-corrected chi connectivity index (χ1v) is 3.51. The zero-order valence-corrected chi connectivity index (χ0v) is 6.79. The molecule has 0 saturated carbocycles. The maximum atomic E-state index is 10.9. The van der Waals surface area contributed by atoms with Crippen LogP contribution in [-0.4, -0.2) is 24.4 Å². The number of hydrogen-bond acceptors (Lipinski definition) is 4. The van der Waals surface area contributed by atoms with Crippen LogP contribution in [0.4, 0.5) is 0 Å². The predicted molar refractivity (Wildman–Crippen MR) is 39.9 cm³/mol. The first kappa shape index (κ1) is 10.1. The van der Waals surface area contributed by atoms with Gasteiger partial charge in [-0.25, -0.2) is 0 Å². The number of carbonyl (C=O) groups is 2. The summed E-state index contributed by atoms with van der Waals surface area (Å²) in [5.74, 6) is -0.679. The molecule has 0 aliphatic heterocycles. The van der Waals surface area contributed by atoms with Gasteiger partial charge >= 0.3 is 5.97 Å². The van der Waals surface area contributed by atoms with E-state index in [0.29, 0.717) is 6.42 Å². The highest BCUT2D eigenvalue weighted by atomic mass is 16.5. The molecule has 4 heteroatoms. The molecule has 1 atom stereocenters. The lowest BCUT2D eigenvalue weighted by molar-refractivity contribution is -0.152. The average Bonchev–Trinajstić information content (AvgIpc) is 1.98. The van der Waals surface area contributed by atoms with Gasteiger partial charge in [-0.15, -0.1) is 0 Å². The zero-order chi connectivity index (χ0) is 8.85. The number of rotatable bonds is 4. The van der Waals surface area contributed by atoms with Gasteiger partial charge < -0.3 is 10.5 Å². The number of nitrogens with two attached hydrogens (primary N) is 1. The highest BCUT2D eigenvalue weighted by Crippen LogP contribution is 1.98. The topological polar surface area (TPSA) is 69.4 Å². The van der Waals surface area contributed by atoms with Crippen molar-refractivity contribution in [2.75, 3.05) is 6.54 Å². The van der Waals surface area contributed by atoms with Crippen LogP contribution >= 0.6 is 0 Å². The van der Waals surface area contributed by atoms with Gasteiger partial charge in [0, 0.05) is 6.92 Å². The molecule has 11 heavy (non-hydrogen) atoms. The van der Waals surface area contributed by atoms with Crippen molar-refractivity contribution < 1.29 is 14.3 Å². The first-order chi connectivity index (χ1) is 5.11. The number of Topliss-reactive ketones (excluding diaryl/α,β-unsaturated/α-hetero) is 1. The molecule has 0 rings (SSSR count). The van der Waals surface area contributed by atoms with Gasteiger partial charge in [0.2, 0.25) is 0 Å². The Morgan fingerprint density at radius 3 is 2.36 bits per heavy atom. The van der Waals surface area contributed by atoms with Crippen molar-refractivity contribution in [2.45, 2.75) is 26.4 Å². The number of esters is 1. The van der Waals surface area contributed by atoms with E-state index in [0.717, 1.165) is 0 Å². The van der Waals surface area contributed by atoms with Crippen LogP contribution in [0.3, 0.4) is 0 Å². The first-order valence-electron chi connectivity index (χ1n) is 3.51. The lowest BCUT2D eigenvalue weighted by Gasteiger charge is -2.11. The van der Waals surface area contributed by atoms with Gasteiger partial charge in [0.05, 0.1) is 6.54 Å². The van der Waals surface area contributed by atoms with Crippen LogP contribution in [0, 0.1) is 0 Å². The molecule has 0 amide bonds. The third-order valence-electron chi connectivity index (χ3n) is 1.24. The van der Waals surface area contributed by atoms with Gasteiger partial charge in [-0.2, -0.15) is 0 Å². The van der Waals surface area contributed by atoms with Crippen LogP contribution in [0.15, 0.2) is 0 Å². The van der Waals surface area contributed by atoms with Crippen molar-refractivity contribution in [3.05, 3.63) is 0 Å². The van der Waals surface area contributed by atoms with Crippen LogP contribution in [0.1, 0.15) is 20.3 Å². The summed E-state index contributed by atoms with van der Waals surface area (Å²) in [4.78, 5) is 21.3. The molecule has 0 spiro atoms. The second-order valence-electron chi connectivity index (χ2n) is 2.18. The van der Waals surface area contributed by atoms with E-state index in [9.17, 15) is 9.59 Å². The Hall–Kier alpha value is -0.900. The summed E-state index contributed by atoms with van der Waals surface area (Å²) in [6.07, 6.45) is -0.173. The molecule has 0 aromatic carbocycles. The van der Waals surface area contributed by atoms with Crippen molar-refractivity contribution >= 4 is 11.8 Å². The summed E-state index contributed by atoms with van der Waals surface area (Å²) in [5, 5.41) is 0. The minimum absolute atomic E-state index is 0.0776. The van der Waals surface area contributed by atoms with Crippen LogP contribution in [0.2, 0.25) is 0 Å². The van der Waals surface area contributed by atoms with E-state index >= 15 is 0 Å². The van der Waals surface area contributed by atoms with Crippen molar-refractivity contribution in [3.8, 4) is 0 Å². The Morgan fingerprint density at radius 1 is 1.55 bits per heavy atom. The molecule has 0 bridgehead atoms. The van der Waals surface area contributed by atoms with E-state index in [1.165, 1.54) is 6.92 Å². The Kier molecular flexibility index (Phi) is 4.45. The Balaban J connectivity index is 3.94. The summed E-state index contributed by atoms with van der Waals surface area (Å²) >= 11 is 0. The van der Waals surface area contributed by atoms with Gasteiger partial charge in [-0.1, -0.05) is 6.92 Å². The second kappa shape index (κ2) is 4.85. The monoisotopic (exact) mass is 159 g/mol. The fraction of sp³-hybridized carbons (Fsp3) is 0.714.